The fraction of sp³-hybridized carbons (Fsp3) is 0.500. The van der Waals surface area contributed by atoms with Crippen LogP contribution in [0.2, 0.25) is 0 Å². The van der Waals surface area contributed by atoms with Crippen molar-refractivity contribution in [2.45, 2.75) is 32.0 Å². The summed E-state index contributed by atoms with van der Waals surface area (Å²) in [5.74, 6) is -1.02. The number of hydrogen-bond donors (Lipinski definition) is 3. The van der Waals surface area contributed by atoms with E-state index in [1.807, 2.05) is 0 Å². The zero-order valence-electron chi connectivity index (χ0n) is 8.13. The van der Waals surface area contributed by atoms with Gasteiger partial charge in [0.15, 0.2) is 0 Å². The molecule has 0 aliphatic rings. The molecule has 0 spiro atoms. The van der Waals surface area contributed by atoms with E-state index in [1.165, 1.54) is 18.2 Å². The molecule has 80 valence electrons. The van der Waals surface area contributed by atoms with Crippen LogP contribution in [0, 0.1) is 0 Å². The van der Waals surface area contributed by atoms with Gasteiger partial charge in [0.25, 0.3) is 0 Å². The van der Waals surface area contributed by atoms with Crippen LogP contribution in [0.5, 0.6) is 0 Å². The highest BCUT2D eigenvalue weighted by molar-refractivity contribution is 5.80. The second-order valence-electron chi connectivity index (χ2n) is 3.08. The lowest BCUT2D eigenvalue weighted by molar-refractivity contribution is -0.131. The molecule has 0 rings (SSSR count). The number of rotatable bonds is 6. The third-order valence-electron chi connectivity index (χ3n) is 1.56. The summed E-state index contributed by atoms with van der Waals surface area (Å²) in [4.78, 5) is 10.0. The third kappa shape index (κ3) is 8.96. The van der Waals surface area contributed by atoms with Crippen molar-refractivity contribution in [2.24, 2.45) is 0 Å². The maximum Gasteiger partial charge on any atom is 0.328 e. The first-order chi connectivity index (χ1) is 6.52. The second kappa shape index (κ2) is 7.29. The van der Waals surface area contributed by atoms with Gasteiger partial charge in [0.2, 0.25) is 0 Å². The Kier molecular flexibility index (Phi) is 6.70. The molecule has 0 bridgehead atoms. The molecule has 0 saturated carbocycles. The average Bonchev–Trinajstić information content (AvgIpc) is 2.08. The Balaban J connectivity index is 3.70. The number of aliphatic hydroxyl groups excluding tert-OH is 2. The molecule has 0 heterocycles. The number of carbonyl (C=O) groups is 1. The van der Waals surface area contributed by atoms with E-state index in [-0.39, 0.29) is 0 Å². The molecule has 0 aromatic rings. The molecule has 0 amide bonds. The predicted molar refractivity (Wildman–Crippen MR) is 52.8 cm³/mol. The molecule has 0 aromatic carbocycles. The average molecular weight is 200 g/mol. The van der Waals surface area contributed by atoms with E-state index in [1.54, 1.807) is 6.92 Å². The first-order valence-corrected chi connectivity index (χ1v) is 4.46. The van der Waals surface area contributed by atoms with E-state index in [9.17, 15) is 9.90 Å². The smallest absolute Gasteiger partial charge is 0.328 e. The number of hydrogen-bond acceptors (Lipinski definition) is 3. The van der Waals surface area contributed by atoms with Crippen molar-refractivity contribution < 1.29 is 20.1 Å². The van der Waals surface area contributed by atoms with Gasteiger partial charge >= 0.3 is 5.97 Å². The van der Waals surface area contributed by atoms with Crippen LogP contribution in [0.3, 0.4) is 0 Å². The molecule has 0 unspecified atom stereocenters. The van der Waals surface area contributed by atoms with Gasteiger partial charge in [-0.2, -0.15) is 0 Å². The summed E-state index contributed by atoms with van der Waals surface area (Å²) in [5, 5.41) is 26.4. The van der Waals surface area contributed by atoms with Gasteiger partial charge in [-0.05, 0) is 19.8 Å². The molecule has 0 fully saturated rings. The molecule has 4 nitrogen and oxygen atoms in total. The number of allylic oxidation sites excluding steroid dienone is 2. The van der Waals surface area contributed by atoms with Gasteiger partial charge in [0, 0.05) is 6.08 Å². The minimum Gasteiger partial charge on any atom is -0.478 e. The van der Waals surface area contributed by atoms with Gasteiger partial charge in [-0.1, -0.05) is 18.2 Å². The van der Waals surface area contributed by atoms with Crippen molar-refractivity contribution >= 4 is 5.97 Å². The minimum absolute atomic E-state index is 0.424. The van der Waals surface area contributed by atoms with E-state index in [4.69, 9.17) is 10.2 Å². The van der Waals surface area contributed by atoms with Crippen molar-refractivity contribution in [3.8, 4) is 0 Å². The van der Waals surface area contributed by atoms with Gasteiger partial charge in [-0.25, -0.2) is 4.79 Å². The molecule has 0 radical (unpaired) electrons. The molecule has 0 saturated heterocycles. The lowest BCUT2D eigenvalue weighted by Crippen LogP contribution is -2.07. The van der Waals surface area contributed by atoms with Crippen LogP contribution in [-0.2, 0) is 4.79 Å². The summed E-state index contributed by atoms with van der Waals surface area (Å²) in [6.07, 6.45) is 5.22. The maximum atomic E-state index is 10.0. The van der Waals surface area contributed by atoms with Gasteiger partial charge in [-0.15, -0.1) is 0 Å². The first kappa shape index (κ1) is 12.9. The molecule has 0 aliphatic carbocycles. The van der Waals surface area contributed by atoms with Crippen molar-refractivity contribution in [3.63, 3.8) is 0 Å². The highest BCUT2D eigenvalue weighted by Crippen LogP contribution is 2.02. The monoisotopic (exact) mass is 200 g/mol. The number of carboxylic acids is 1. The van der Waals surface area contributed by atoms with Crippen LogP contribution < -0.4 is 0 Å². The summed E-state index contributed by atoms with van der Waals surface area (Å²) in [7, 11) is 0. The molecular weight excluding hydrogens is 184 g/mol. The first-order valence-electron chi connectivity index (χ1n) is 4.46. The van der Waals surface area contributed by atoms with E-state index in [2.05, 4.69) is 0 Å². The number of aliphatic hydroxyl groups is 2. The molecule has 0 aromatic heterocycles. The summed E-state index contributed by atoms with van der Waals surface area (Å²) in [6, 6.07) is 0. The zero-order chi connectivity index (χ0) is 11.0. The zero-order valence-corrected chi connectivity index (χ0v) is 8.13. The normalized spacial score (nSPS) is 16.2. The lowest BCUT2D eigenvalue weighted by Gasteiger charge is -2.06. The van der Waals surface area contributed by atoms with E-state index < -0.39 is 18.2 Å². The van der Waals surface area contributed by atoms with Crippen LogP contribution in [-0.4, -0.2) is 33.5 Å². The van der Waals surface area contributed by atoms with Crippen LogP contribution in [0.4, 0.5) is 0 Å². The fourth-order valence-electron chi connectivity index (χ4n) is 0.838. The molecule has 4 heteroatoms. The minimum atomic E-state index is -1.02. The number of aliphatic carboxylic acids is 1. The van der Waals surface area contributed by atoms with Crippen molar-refractivity contribution in [2.75, 3.05) is 0 Å². The van der Waals surface area contributed by atoms with E-state index >= 15 is 0 Å². The van der Waals surface area contributed by atoms with Crippen LogP contribution in [0.15, 0.2) is 24.3 Å². The molecule has 0 aliphatic heterocycles. The summed E-state index contributed by atoms with van der Waals surface area (Å²) in [6.45, 7) is 1.65. The largest absolute Gasteiger partial charge is 0.478 e. The van der Waals surface area contributed by atoms with E-state index in [0.717, 1.165) is 6.08 Å². The van der Waals surface area contributed by atoms with Crippen LogP contribution in [0.1, 0.15) is 19.8 Å². The Labute approximate surface area is 83.2 Å². The quantitative estimate of drug-likeness (QED) is 0.436. The van der Waals surface area contributed by atoms with Crippen LogP contribution >= 0.6 is 0 Å². The van der Waals surface area contributed by atoms with E-state index in [0.29, 0.717) is 12.8 Å². The Hall–Kier alpha value is -1.13. The standard InChI is InChI=1S/C10H16O4/c1-8(11)6-7-9(12)4-2-3-5-10(13)14/h2-5,8-9,11-12H,6-7H2,1H3,(H,13,14)/b4-2+,5-3+/t8-,9-/m1/s1. The molecule has 14 heavy (non-hydrogen) atoms. The second-order valence-corrected chi connectivity index (χ2v) is 3.08. The number of carboxylic acid groups (broad SMARTS) is 1. The molecular formula is C10H16O4. The van der Waals surface area contributed by atoms with Crippen molar-refractivity contribution in [1.82, 2.24) is 0 Å². The highest BCUT2D eigenvalue weighted by Gasteiger charge is 2.01. The fourth-order valence-corrected chi connectivity index (χ4v) is 0.838. The molecule has 3 N–H and O–H groups in total. The Morgan fingerprint density at radius 3 is 2.43 bits per heavy atom. The topological polar surface area (TPSA) is 77.8 Å². The summed E-state index contributed by atoms with van der Waals surface area (Å²) in [5.41, 5.74) is 0. The lowest BCUT2D eigenvalue weighted by atomic mass is 10.1. The Morgan fingerprint density at radius 1 is 1.29 bits per heavy atom. The van der Waals surface area contributed by atoms with Crippen molar-refractivity contribution in [3.05, 3.63) is 24.3 Å². The third-order valence-corrected chi connectivity index (χ3v) is 1.56. The van der Waals surface area contributed by atoms with Crippen LogP contribution in [0.25, 0.3) is 0 Å². The Bertz CT molecular complexity index is 218. The predicted octanol–water partition coefficient (Wildman–Crippen LogP) is 0.705. The maximum absolute atomic E-state index is 10.0. The van der Waals surface area contributed by atoms with Gasteiger partial charge in [0.1, 0.15) is 0 Å². The SMILES string of the molecule is C[C@@H](O)CC[C@H](O)/C=C/C=C/C(=O)O. The summed E-state index contributed by atoms with van der Waals surface area (Å²) < 4.78 is 0. The van der Waals surface area contributed by atoms with Crippen molar-refractivity contribution in [1.29, 1.82) is 0 Å². The van der Waals surface area contributed by atoms with Gasteiger partial charge in [-0.3, -0.25) is 0 Å². The van der Waals surface area contributed by atoms with Gasteiger partial charge < -0.3 is 15.3 Å². The highest BCUT2D eigenvalue weighted by atomic mass is 16.4. The molecule has 2 atom stereocenters. The summed E-state index contributed by atoms with van der Waals surface area (Å²) >= 11 is 0. The Morgan fingerprint density at radius 2 is 1.93 bits per heavy atom. The van der Waals surface area contributed by atoms with Gasteiger partial charge in [0.05, 0.1) is 12.2 Å².